The highest BCUT2D eigenvalue weighted by Gasteiger charge is 2.32. The predicted molar refractivity (Wildman–Crippen MR) is 154 cm³/mol. The summed E-state index contributed by atoms with van der Waals surface area (Å²) in [7, 11) is 0. The minimum Gasteiger partial charge on any atom is -0.480 e. The number of aliphatic carboxylic acids is 1. The molecule has 0 aliphatic carbocycles. The van der Waals surface area contributed by atoms with Crippen LogP contribution in [0, 0.1) is 5.92 Å². The van der Waals surface area contributed by atoms with E-state index in [0.29, 0.717) is 45.2 Å². The Labute approximate surface area is 235 Å². The van der Waals surface area contributed by atoms with Crippen molar-refractivity contribution in [1.82, 2.24) is 16.0 Å². The van der Waals surface area contributed by atoms with E-state index in [1.165, 1.54) is 0 Å². The molecule has 0 bridgehead atoms. The highest BCUT2D eigenvalue weighted by Crippen LogP contribution is 2.11. The van der Waals surface area contributed by atoms with Crippen molar-refractivity contribution in [1.29, 1.82) is 0 Å². The molecule has 1 rings (SSSR count). The van der Waals surface area contributed by atoms with Crippen LogP contribution in [0.1, 0.15) is 57.9 Å². The number of hydrogen-bond donors (Lipinski definition) is 8. The number of amides is 3. The first-order valence-electron chi connectivity index (χ1n) is 13.7. The predicted octanol–water partition coefficient (Wildman–Crippen LogP) is -0.676. The highest BCUT2D eigenvalue weighted by atomic mass is 16.4. The number of nitrogens with one attached hydrogen (secondary N) is 3. The van der Waals surface area contributed by atoms with Gasteiger partial charge in [-0.2, -0.15) is 0 Å². The van der Waals surface area contributed by atoms with Gasteiger partial charge in [0, 0.05) is 13.0 Å². The first kappa shape index (κ1) is 34.3. The second-order valence-electron chi connectivity index (χ2n) is 9.86. The van der Waals surface area contributed by atoms with Crippen molar-refractivity contribution in [3.63, 3.8) is 0 Å². The van der Waals surface area contributed by atoms with Crippen LogP contribution in [-0.2, 0) is 25.6 Å². The molecule has 40 heavy (non-hydrogen) atoms. The Hall–Kier alpha value is -3.71. The van der Waals surface area contributed by atoms with Crippen molar-refractivity contribution in [2.24, 2.45) is 33.8 Å². The average Bonchev–Trinajstić information content (AvgIpc) is 2.92. The largest absolute Gasteiger partial charge is 0.480 e. The van der Waals surface area contributed by atoms with Gasteiger partial charge in [-0.05, 0) is 50.1 Å². The van der Waals surface area contributed by atoms with Crippen LogP contribution in [0.15, 0.2) is 35.3 Å². The number of carboxylic acid groups (broad SMARTS) is 1. The SMILES string of the molecule is CCC(C)C(NC(=O)C(N)CCCN=C(N)N)C(=O)NC(CCCCN)C(=O)NC(Cc1ccccc1)C(=O)O. The molecular formula is C27H46N8O5. The summed E-state index contributed by atoms with van der Waals surface area (Å²) in [5.74, 6) is -3.20. The van der Waals surface area contributed by atoms with Gasteiger partial charge in [-0.1, -0.05) is 50.6 Å². The molecule has 0 radical (unpaired) electrons. The van der Waals surface area contributed by atoms with Gasteiger partial charge in [0.15, 0.2) is 5.96 Å². The van der Waals surface area contributed by atoms with E-state index in [-0.39, 0.29) is 24.7 Å². The fraction of sp³-hybridized carbons (Fsp3) is 0.593. The van der Waals surface area contributed by atoms with E-state index in [2.05, 4.69) is 20.9 Å². The summed E-state index contributed by atoms with van der Waals surface area (Å²) in [6, 6.07) is 4.88. The van der Waals surface area contributed by atoms with Crippen LogP contribution < -0.4 is 38.9 Å². The molecule has 13 nitrogen and oxygen atoms in total. The lowest BCUT2D eigenvalue weighted by Crippen LogP contribution is -2.58. The van der Waals surface area contributed by atoms with Crippen molar-refractivity contribution in [2.45, 2.75) is 83.0 Å². The molecule has 3 amide bonds. The minimum absolute atomic E-state index is 0.0497. The third kappa shape index (κ3) is 12.9. The summed E-state index contributed by atoms with van der Waals surface area (Å²) in [4.78, 5) is 55.1. The second kappa shape index (κ2) is 18.6. The number of rotatable bonds is 19. The molecule has 224 valence electrons. The Bertz CT molecular complexity index is 971. The van der Waals surface area contributed by atoms with Crippen molar-refractivity contribution in [2.75, 3.05) is 13.1 Å². The minimum atomic E-state index is -1.19. The van der Waals surface area contributed by atoms with Gasteiger partial charge in [-0.25, -0.2) is 4.79 Å². The number of hydrogen-bond acceptors (Lipinski definition) is 7. The molecule has 0 saturated carbocycles. The summed E-state index contributed by atoms with van der Waals surface area (Å²) < 4.78 is 0. The molecule has 0 aromatic heterocycles. The molecule has 0 aliphatic rings. The summed E-state index contributed by atoms with van der Waals surface area (Å²) in [6.07, 6.45) is 2.83. The maximum atomic E-state index is 13.4. The van der Waals surface area contributed by atoms with Crippen molar-refractivity contribution >= 4 is 29.7 Å². The van der Waals surface area contributed by atoms with E-state index in [1.807, 2.05) is 13.0 Å². The molecule has 5 atom stereocenters. The fourth-order valence-corrected chi connectivity index (χ4v) is 3.96. The first-order valence-corrected chi connectivity index (χ1v) is 13.7. The molecule has 0 spiro atoms. The zero-order valence-corrected chi connectivity index (χ0v) is 23.5. The van der Waals surface area contributed by atoms with Gasteiger partial charge in [-0.15, -0.1) is 0 Å². The van der Waals surface area contributed by atoms with Gasteiger partial charge < -0.3 is 44.0 Å². The normalized spacial score (nSPS) is 14.6. The van der Waals surface area contributed by atoms with Crippen molar-refractivity contribution < 1.29 is 24.3 Å². The van der Waals surface area contributed by atoms with Crippen LogP contribution in [0.4, 0.5) is 0 Å². The van der Waals surface area contributed by atoms with Crippen molar-refractivity contribution in [3.8, 4) is 0 Å². The maximum Gasteiger partial charge on any atom is 0.326 e. The van der Waals surface area contributed by atoms with Crippen LogP contribution in [0.2, 0.25) is 0 Å². The molecule has 12 N–H and O–H groups in total. The van der Waals surface area contributed by atoms with Crippen LogP contribution in [0.5, 0.6) is 0 Å². The second-order valence-corrected chi connectivity index (χ2v) is 9.86. The van der Waals surface area contributed by atoms with Gasteiger partial charge in [-0.3, -0.25) is 19.4 Å². The lowest BCUT2D eigenvalue weighted by atomic mass is 9.96. The van der Waals surface area contributed by atoms with Gasteiger partial charge in [0.2, 0.25) is 17.7 Å². The number of guanidine groups is 1. The van der Waals surface area contributed by atoms with E-state index in [4.69, 9.17) is 22.9 Å². The van der Waals surface area contributed by atoms with E-state index in [9.17, 15) is 24.3 Å². The number of nitrogens with two attached hydrogens (primary N) is 4. The molecule has 0 aliphatic heterocycles. The summed E-state index contributed by atoms with van der Waals surface area (Å²) in [5, 5.41) is 17.7. The Balaban J connectivity index is 2.97. The summed E-state index contributed by atoms with van der Waals surface area (Å²) in [6.45, 7) is 4.40. The van der Waals surface area contributed by atoms with Crippen LogP contribution in [0.3, 0.4) is 0 Å². The Morgan fingerprint density at radius 3 is 2.12 bits per heavy atom. The van der Waals surface area contributed by atoms with E-state index >= 15 is 0 Å². The smallest absolute Gasteiger partial charge is 0.326 e. The number of aliphatic imine (C=N–C) groups is 1. The Morgan fingerprint density at radius 2 is 1.55 bits per heavy atom. The van der Waals surface area contributed by atoms with E-state index in [1.54, 1.807) is 31.2 Å². The number of nitrogens with zero attached hydrogens (tertiary/aromatic N) is 1. The molecular weight excluding hydrogens is 516 g/mol. The van der Waals surface area contributed by atoms with Crippen molar-refractivity contribution in [3.05, 3.63) is 35.9 Å². The lowest BCUT2D eigenvalue weighted by Gasteiger charge is -2.28. The van der Waals surface area contributed by atoms with E-state index < -0.39 is 47.9 Å². The standard InChI is InChI=1S/C27H46N8O5/c1-3-17(2)22(35-23(36)19(29)12-9-15-32-27(30)31)25(38)33-20(13-7-8-14-28)24(37)34-21(26(39)40)16-18-10-5-4-6-11-18/h4-6,10-11,17,19-22H,3,7-9,12-16,28-29H2,1-2H3,(H,33,38)(H,34,37)(H,35,36)(H,39,40)(H4,30,31,32). The molecule has 13 heteroatoms. The summed E-state index contributed by atoms with van der Waals surface area (Å²) in [5.41, 5.74) is 23.0. The molecule has 0 heterocycles. The Morgan fingerprint density at radius 1 is 0.900 bits per heavy atom. The Kier molecular flexibility index (Phi) is 15.9. The number of carbonyl (C=O) groups excluding carboxylic acids is 3. The first-order chi connectivity index (χ1) is 19.0. The maximum absolute atomic E-state index is 13.4. The van der Waals surface area contributed by atoms with Gasteiger partial charge in [0.1, 0.15) is 18.1 Å². The van der Waals surface area contributed by atoms with Gasteiger partial charge >= 0.3 is 5.97 Å². The topological polar surface area (TPSA) is 241 Å². The third-order valence-electron chi connectivity index (χ3n) is 6.57. The fourth-order valence-electron chi connectivity index (χ4n) is 3.96. The number of unbranched alkanes of at least 4 members (excludes halogenated alkanes) is 1. The lowest BCUT2D eigenvalue weighted by molar-refractivity contribution is -0.142. The molecule has 1 aromatic carbocycles. The van der Waals surface area contributed by atoms with Crippen LogP contribution in [0.25, 0.3) is 0 Å². The molecule has 1 aromatic rings. The number of benzene rings is 1. The zero-order valence-electron chi connectivity index (χ0n) is 23.5. The number of carboxylic acids is 1. The molecule has 0 fully saturated rings. The van der Waals surface area contributed by atoms with Crippen LogP contribution >= 0.6 is 0 Å². The average molecular weight is 563 g/mol. The number of carbonyl (C=O) groups is 4. The monoisotopic (exact) mass is 562 g/mol. The zero-order chi connectivity index (χ0) is 30.1. The summed E-state index contributed by atoms with van der Waals surface area (Å²) >= 11 is 0. The van der Waals surface area contributed by atoms with Crippen LogP contribution in [-0.4, -0.2) is 72.0 Å². The molecule has 0 saturated heterocycles. The highest BCUT2D eigenvalue weighted by molar-refractivity contribution is 5.94. The van der Waals surface area contributed by atoms with Gasteiger partial charge in [0.05, 0.1) is 6.04 Å². The molecule has 5 unspecified atom stereocenters. The van der Waals surface area contributed by atoms with Gasteiger partial charge in [0.25, 0.3) is 0 Å². The quantitative estimate of drug-likeness (QED) is 0.0604. The third-order valence-corrected chi connectivity index (χ3v) is 6.57. The van der Waals surface area contributed by atoms with E-state index in [0.717, 1.165) is 5.56 Å².